The van der Waals surface area contributed by atoms with Crippen LogP contribution in [0.5, 0.6) is 0 Å². The van der Waals surface area contributed by atoms with E-state index in [2.05, 4.69) is 9.72 Å². The van der Waals surface area contributed by atoms with E-state index in [1.807, 2.05) is 6.92 Å². The predicted octanol–water partition coefficient (Wildman–Crippen LogP) is 1.76. The first-order chi connectivity index (χ1) is 7.65. The number of aromatic nitrogens is 2. The molecule has 0 unspecified atom stereocenters. The van der Waals surface area contributed by atoms with Crippen molar-refractivity contribution in [3.05, 3.63) is 18.2 Å². The summed E-state index contributed by atoms with van der Waals surface area (Å²) < 4.78 is 29.8. The van der Waals surface area contributed by atoms with Gasteiger partial charge in [0.05, 0.1) is 6.61 Å². The lowest BCUT2D eigenvalue weighted by atomic mass is 10.3. The number of imidazole rings is 1. The second-order valence-corrected chi connectivity index (χ2v) is 3.18. The number of carbonyl (C=O) groups is 1. The van der Waals surface area contributed by atoms with Crippen molar-refractivity contribution in [1.29, 1.82) is 0 Å². The molecule has 4 nitrogen and oxygen atoms in total. The maximum atomic E-state index is 11.7. The number of carbonyl (C=O) groups excluding carboxylic acids is 1. The Bertz CT molecular complexity index is 339. The Kier molecular flexibility index (Phi) is 5.04. The first-order valence-corrected chi connectivity index (χ1v) is 5.05. The van der Waals surface area contributed by atoms with E-state index in [-0.39, 0.29) is 18.8 Å². The van der Waals surface area contributed by atoms with Gasteiger partial charge >= 0.3 is 0 Å². The Balaban J connectivity index is 2.35. The van der Waals surface area contributed by atoms with Crippen LogP contribution >= 0.6 is 0 Å². The molecule has 0 aromatic carbocycles. The van der Waals surface area contributed by atoms with Crippen molar-refractivity contribution in [2.75, 3.05) is 13.2 Å². The van der Waals surface area contributed by atoms with Crippen LogP contribution in [-0.4, -0.2) is 35.0 Å². The van der Waals surface area contributed by atoms with Crippen LogP contribution in [-0.2, 0) is 11.3 Å². The van der Waals surface area contributed by atoms with E-state index in [0.29, 0.717) is 12.4 Å². The number of alkyl halides is 2. The normalized spacial score (nSPS) is 11.0. The number of nitrogens with zero attached hydrogens (tertiary/aromatic N) is 2. The highest BCUT2D eigenvalue weighted by Crippen LogP contribution is 2.02. The molecule has 1 rings (SSSR count). The smallest absolute Gasteiger partial charge is 0.261 e. The number of ketones is 1. The fourth-order valence-electron chi connectivity index (χ4n) is 1.27. The van der Waals surface area contributed by atoms with E-state index >= 15 is 0 Å². The molecule has 1 aromatic heterocycles. The number of hydrogen-bond donors (Lipinski definition) is 0. The van der Waals surface area contributed by atoms with Gasteiger partial charge in [-0.25, -0.2) is 13.8 Å². The molecule has 0 saturated heterocycles. The summed E-state index contributed by atoms with van der Waals surface area (Å²) >= 11 is 0. The lowest BCUT2D eigenvalue weighted by molar-refractivity contribution is 0.0168. The molecule has 16 heavy (non-hydrogen) atoms. The molecule has 1 heterocycles. The molecule has 0 fully saturated rings. The van der Waals surface area contributed by atoms with Crippen LogP contribution in [0.4, 0.5) is 8.78 Å². The van der Waals surface area contributed by atoms with E-state index in [1.165, 1.54) is 6.20 Å². The van der Waals surface area contributed by atoms with Gasteiger partial charge < -0.3 is 9.30 Å². The molecule has 0 aliphatic heterocycles. The highest BCUT2D eigenvalue weighted by atomic mass is 19.3. The summed E-state index contributed by atoms with van der Waals surface area (Å²) in [4.78, 5) is 15.5. The van der Waals surface area contributed by atoms with Crippen molar-refractivity contribution >= 4 is 5.78 Å². The molecule has 0 spiro atoms. The topological polar surface area (TPSA) is 44.1 Å². The first kappa shape index (κ1) is 12.8. The highest BCUT2D eigenvalue weighted by Gasteiger charge is 2.12. The van der Waals surface area contributed by atoms with E-state index in [4.69, 9.17) is 0 Å². The van der Waals surface area contributed by atoms with Gasteiger partial charge in [-0.3, -0.25) is 4.79 Å². The van der Waals surface area contributed by atoms with Crippen LogP contribution in [0.2, 0.25) is 0 Å². The Hall–Kier alpha value is -1.30. The quantitative estimate of drug-likeness (QED) is 0.531. The van der Waals surface area contributed by atoms with E-state index in [0.717, 1.165) is 0 Å². The molecular weight excluding hydrogens is 218 g/mol. The van der Waals surface area contributed by atoms with Crippen LogP contribution in [0.3, 0.4) is 0 Å². The number of ether oxygens (including phenoxy) is 1. The summed E-state index contributed by atoms with van der Waals surface area (Å²) in [6.45, 7) is 1.92. The minimum atomic E-state index is -2.49. The Morgan fingerprint density at radius 1 is 1.62 bits per heavy atom. The lowest BCUT2D eigenvalue weighted by Gasteiger charge is -2.04. The molecular formula is C10H14F2N2O2. The van der Waals surface area contributed by atoms with E-state index in [9.17, 15) is 13.6 Å². The van der Waals surface area contributed by atoms with Crippen molar-refractivity contribution in [1.82, 2.24) is 9.55 Å². The zero-order valence-corrected chi connectivity index (χ0v) is 9.03. The van der Waals surface area contributed by atoms with Gasteiger partial charge in [0.2, 0.25) is 5.78 Å². The predicted molar refractivity (Wildman–Crippen MR) is 53.7 cm³/mol. The average molecular weight is 232 g/mol. The van der Waals surface area contributed by atoms with Gasteiger partial charge in [0.15, 0.2) is 5.82 Å². The van der Waals surface area contributed by atoms with Crippen LogP contribution in [0.1, 0.15) is 24.0 Å². The third kappa shape index (κ3) is 3.69. The Labute approximate surface area is 92.2 Å². The second kappa shape index (κ2) is 6.32. The number of rotatable bonds is 7. The van der Waals surface area contributed by atoms with Gasteiger partial charge in [0.1, 0.15) is 6.61 Å². The SMILES string of the molecule is CCn1ccnc1C(=O)CCOCC(F)F. The Morgan fingerprint density at radius 2 is 2.38 bits per heavy atom. The monoisotopic (exact) mass is 232 g/mol. The van der Waals surface area contributed by atoms with E-state index in [1.54, 1.807) is 10.8 Å². The fraction of sp³-hybridized carbons (Fsp3) is 0.600. The van der Waals surface area contributed by atoms with Crippen molar-refractivity contribution < 1.29 is 18.3 Å². The third-order valence-electron chi connectivity index (χ3n) is 2.02. The number of Topliss-reactive ketones (excluding diaryl/α,β-unsaturated/α-hetero) is 1. The largest absolute Gasteiger partial charge is 0.375 e. The Morgan fingerprint density at radius 3 is 3.00 bits per heavy atom. The van der Waals surface area contributed by atoms with Gasteiger partial charge in [-0.05, 0) is 6.92 Å². The van der Waals surface area contributed by atoms with Crippen LogP contribution < -0.4 is 0 Å². The van der Waals surface area contributed by atoms with Gasteiger partial charge in [0, 0.05) is 25.4 Å². The standard InChI is InChI=1S/C10H14F2N2O2/c1-2-14-5-4-13-10(14)8(15)3-6-16-7-9(11)12/h4-5,9H,2-3,6-7H2,1H3. The molecule has 0 radical (unpaired) electrons. The summed E-state index contributed by atoms with van der Waals surface area (Å²) in [6, 6.07) is 0. The van der Waals surface area contributed by atoms with Gasteiger partial charge in [-0.1, -0.05) is 0 Å². The molecule has 90 valence electrons. The molecule has 0 atom stereocenters. The number of hydrogen-bond acceptors (Lipinski definition) is 3. The summed E-state index contributed by atoms with van der Waals surface area (Å²) in [5.41, 5.74) is 0. The van der Waals surface area contributed by atoms with Gasteiger partial charge in [-0.2, -0.15) is 0 Å². The molecule has 0 bridgehead atoms. The maximum Gasteiger partial charge on any atom is 0.261 e. The van der Waals surface area contributed by atoms with Crippen LogP contribution in [0.25, 0.3) is 0 Å². The average Bonchev–Trinajstić information content (AvgIpc) is 2.71. The second-order valence-electron chi connectivity index (χ2n) is 3.18. The molecule has 0 aliphatic rings. The van der Waals surface area contributed by atoms with E-state index < -0.39 is 13.0 Å². The van der Waals surface area contributed by atoms with Crippen molar-refractivity contribution in [2.45, 2.75) is 26.3 Å². The zero-order chi connectivity index (χ0) is 12.0. The highest BCUT2D eigenvalue weighted by molar-refractivity contribution is 5.92. The first-order valence-electron chi connectivity index (χ1n) is 5.05. The van der Waals surface area contributed by atoms with Crippen molar-refractivity contribution in [3.63, 3.8) is 0 Å². The van der Waals surface area contributed by atoms with Gasteiger partial charge in [0.25, 0.3) is 6.43 Å². The molecule has 0 saturated carbocycles. The molecule has 0 N–H and O–H groups in total. The van der Waals surface area contributed by atoms with Gasteiger partial charge in [-0.15, -0.1) is 0 Å². The zero-order valence-electron chi connectivity index (χ0n) is 9.03. The number of halogens is 2. The van der Waals surface area contributed by atoms with Crippen molar-refractivity contribution in [2.24, 2.45) is 0 Å². The summed E-state index contributed by atoms with van der Waals surface area (Å²) in [6.07, 6.45) is 0.820. The minimum absolute atomic E-state index is 0.000250. The summed E-state index contributed by atoms with van der Waals surface area (Å²) in [5, 5.41) is 0. The van der Waals surface area contributed by atoms with Crippen LogP contribution in [0.15, 0.2) is 12.4 Å². The maximum absolute atomic E-state index is 11.7. The van der Waals surface area contributed by atoms with Crippen LogP contribution in [0, 0.1) is 0 Å². The van der Waals surface area contributed by atoms with Crippen molar-refractivity contribution in [3.8, 4) is 0 Å². The molecule has 0 amide bonds. The number of aryl methyl sites for hydroxylation is 1. The minimum Gasteiger partial charge on any atom is -0.375 e. The molecule has 0 aliphatic carbocycles. The third-order valence-corrected chi connectivity index (χ3v) is 2.02. The summed E-state index contributed by atoms with van der Waals surface area (Å²) in [7, 11) is 0. The molecule has 6 heteroatoms. The lowest BCUT2D eigenvalue weighted by Crippen LogP contribution is -2.13. The summed E-state index contributed by atoms with van der Waals surface area (Å²) in [5.74, 6) is 0.157. The fourth-order valence-corrected chi connectivity index (χ4v) is 1.27. The molecule has 1 aromatic rings.